The van der Waals surface area contributed by atoms with Crippen LogP contribution >= 0.6 is 0 Å². The van der Waals surface area contributed by atoms with E-state index in [1.807, 2.05) is 31.2 Å². The molecule has 5 nitrogen and oxygen atoms in total. The Kier molecular flexibility index (Phi) is 4.65. The Bertz CT molecular complexity index is 1050. The Labute approximate surface area is 151 Å². The summed E-state index contributed by atoms with van der Waals surface area (Å²) < 4.78 is 40.8. The summed E-state index contributed by atoms with van der Waals surface area (Å²) >= 11 is 0. The van der Waals surface area contributed by atoms with Crippen LogP contribution in [0.2, 0.25) is 0 Å². The van der Waals surface area contributed by atoms with Crippen molar-refractivity contribution in [1.82, 2.24) is 9.36 Å². The number of carbonyl (C=O) groups is 1. The van der Waals surface area contributed by atoms with Gasteiger partial charge in [-0.05, 0) is 42.3 Å². The minimum absolute atomic E-state index is 0.147. The number of aromatic nitrogens is 2. The molecule has 3 rings (SSSR count). The molecule has 8 heteroatoms. The topological polar surface area (TPSA) is 64.2 Å². The van der Waals surface area contributed by atoms with Gasteiger partial charge in [-0.1, -0.05) is 24.3 Å². The third kappa shape index (κ3) is 3.64. The number of alkyl halides is 3. The van der Waals surface area contributed by atoms with E-state index in [0.717, 1.165) is 40.1 Å². The van der Waals surface area contributed by atoms with Gasteiger partial charge in [-0.2, -0.15) is 13.2 Å². The van der Waals surface area contributed by atoms with Crippen molar-refractivity contribution in [2.45, 2.75) is 19.6 Å². The molecule has 0 amide bonds. The highest BCUT2D eigenvalue weighted by Crippen LogP contribution is 2.29. The molecule has 2 aromatic carbocycles. The smallest absolute Gasteiger partial charge is 0.416 e. The van der Waals surface area contributed by atoms with Gasteiger partial charge in [-0.15, -0.1) is 0 Å². The number of halogens is 3. The Morgan fingerprint density at radius 1 is 1.07 bits per heavy atom. The Morgan fingerprint density at radius 2 is 1.70 bits per heavy atom. The largest absolute Gasteiger partial charge is 0.477 e. The number of carboxylic acids is 1. The fourth-order valence-corrected chi connectivity index (χ4v) is 2.77. The van der Waals surface area contributed by atoms with Crippen molar-refractivity contribution in [3.05, 3.63) is 87.3 Å². The first-order valence-corrected chi connectivity index (χ1v) is 7.96. The first-order chi connectivity index (χ1) is 12.7. The molecule has 0 aliphatic rings. The maximum Gasteiger partial charge on any atom is 0.416 e. The van der Waals surface area contributed by atoms with E-state index in [-0.39, 0.29) is 12.2 Å². The Morgan fingerprint density at radius 3 is 2.26 bits per heavy atom. The fraction of sp³-hybridized carbons (Fsp3) is 0.158. The SMILES string of the molecule is Cc1ccccc1Cn1cc(C(=O)O)c(=O)n1-c1ccc(C(F)(F)F)cc1. The van der Waals surface area contributed by atoms with E-state index >= 15 is 0 Å². The maximum atomic E-state index is 12.8. The van der Waals surface area contributed by atoms with Crippen LogP contribution in [0.1, 0.15) is 27.0 Å². The number of hydrogen-bond acceptors (Lipinski definition) is 2. The van der Waals surface area contributed by atoms with E-state index in [9.17, 15) is 27.9 Å². The number of hydrogen-bond donors (Lipinski definition) is 1. The van der Waals surface area contributed by atoms with Gasteiger partial charge in [0, 0.05) is 6.20 Å². The second-order valence-electron chi connectivity index (χ2n) is 6.03. The zero-order valence-corrected chi connectivity index (χ0v) is 14.2. The number of aromatic carboxylic acids is 1. The van der Waals surface area contributed by atoms with Crippen molar-refractivity contribution in [1.29, 1.82) is 0 Å². The summed E-state index contributed by atoms with van der Waals surface area (Å²) in [6.07, 6.45) is -3.31. The summed E-state index contributed by atoms with van der Waals surface area (Å²) in [5.74, 6) is -1.40. The molecule has 1 aromatic heterocycles. The van der Waals surface area contributed by atoms with Crippen molar-refractivity contribution >= 4 is 5.97 Å². The summed E-state index contributed by atoms with van der Waals surface area (Å²) in [6, 6.07) is 11.4. The monoisotopic (exact) mass is 376 g/mol. The van der Waals surface area contributed by atoms with Crippen LogP contribution in [-0.2, 0) is 12.7 Å². The molecule has 0 fully saturated rings. The number of nitrogens with zero attached hydrogens (tertiary/aromatic N) is 2. The number of benzene rings is 2. The minimum atomic E-state index is -4.50. The van der Waals surface area contributed by atoms with Gasteiger partial charge in [-0.3, -0.25) is 9.48 Å². The normalized spacial score (nSPS) is 11.6. The lowest BCUT2D eigenvalue weighted by Gasteiger charge is -2.14. The van der Waals surface area contributed by atoms with Crippen molar-refractivity contribution < 1.29 is 23.1 Å². The number of rotatable bonds is 4. The van der Waals surface area contributed by atoms with Crippen LogP contribution in [0, 0.1) is 6.92 Å². The predicted octanol–water partition coefficient (Wildman–Crippen LogP) is 3.71. The molecule has 27 heavy (non-hydrogen) atoms. The third-order valence-corrected chi connectivity index (χ3v) is 4.22. The van der Waals surface area contributed by atoms with E-state index in [2.05, 4.69) is 0 Å². The van der Waals surface area contributed by atoms with Crippen molar-refractivity contribution in [2.75, 3.05) is 0 Å². The summed E-state index contributed by atoms with van der Waals surface area (Å²) in [7, 11) is 0. The van der Waals surface area contributed by atoms with Gasteiger partial charge in [0.15, 0.2) is 0 Å². The van der Waals surface area contributed by atoms with Crippen molar-refractivity contribution in [2.24, 2.45) is 0 Å². The minimum Gasteiger partial charge on any atom is -0.477 e. The Hall–Kier alpha value is -3.29. The molecule has 0 aliphatic carbocycles. The lowest BCUT2D eigenvalue weighted by molar-refractivity contribution is -0.137. The van der Waals surface area contributed by atoms with Crippen molar-refractivity contribution in [3.8, 4) is 5.69 Å². The molecule has 0 saturated carbocycles. The van der Waals surface area contributed by atoms with E-state index in [0.29, 0.717) is 0 Å². The average molecular weight is 376 g/mol. The van der Waals surface area contributed by atoms with Crippen LogP contribution in [0.5, 0.6) is 0 Å². The van der Waals surface area contributed by atoms with Gasteiger partial charge >= 0.3 is 12.1 Å². The fourth-order valence-electron chi connectivity index (χ4n) is 2.77. The molecule has 0 atom stereocenters. The first kappa shape index (κ1) is 18.5. The van der Waals surface area contributed by atoms with Crippen LogP contribution in [0.25, 0.3) is 5.69 Å². The quantitative estimate of drug-likeness (QED) is 0.755. The summed E-state index contributed by atoms with van der Waals surface area (Å²) in [4.78, 5) is 23.9. The zero-order valence-electron chi connectivity index (χ0n) is 14.2. The third-order valence-electron chi connectivity index (χ3n) is 4.22. The molecule has 0 unspecified atom stereocenters. The lowest BCUT2D eigenvalue weighted by atomic mass is 10.1. The number of aryl methyl sites for hydroxylation is 1. The summed E-state index contributed by atoms with van der Waals surface area (Å²) in [5.41, 5.74) is -0.178. The molecular formula is C19H15F3N2O3. The van der Waals surface area contributed by atoms with E-state index in [4.69, 9.17) is 0 Å². The predicted molar refractivity (Wildman–Crippen MR) is 92.3 cm³/mol. The molecule has 0 saturated heterocycles. The highest BCUT2D eigenvalue weighted by Gasteiger charge is 2.30. The van der Waals surface area contributed by atoms with Crippen molar-refractivity contribution in [3.63, 3.8) is 0 Å². The van der Waals surface area contributed by atoms with Gasteiger partial charge in [0.05, 0.1) is 17.8 Å². The molecule has 0 aliphatic heterocycles. The van der Waals surface area contributed by atoms with Gasteiger partial charge < -0.3 is 5.11 Å². The number of carboxylic acid groups (broad SMARTS) is 1. The van der Waals surface area contributed by atoms with Crippen LogP contribution in [-0.4, -0.2) is 20.4 Å². The molecule has 0 radical (unpaired) electrons. The summed E-state index contributed by atoms with van der Waals surface area (Å²) in [5, 5.41) is 9.25. The zero-order chi connectivity index (χ0) is 19.8. The molecule has 1 N–H and O–H groups in total. The van der Waals surface area contributed by atoms with Crippen LogP contribution in [0.15, 0.2) is 59.5 Å². The second kappa shape index (κ2) is 6.79. The van der Waals surface area contributed by atoms with Gasteiger partial charge in [0.1, 0.15) is 5.56 Å². The molecule has 1 heterocycles. The Balaban J connectivity index is 2.12. The highest BCUT2D eigenvalue weighted by molar-refractivity contribution is 5.87. The van der Waals surface area contributed by atoms with E-state index in [1.165, 1.54) is 10.9 Å². The maximum absolute atomic E-state index is 12.8. The van der Waals surface area contributed by atoms with Gasteiger partial charge in [-0.25, -0.2) is 9.48 Å². The second-order valence-corrected chi connectivity index (χ2v) is 6.03. The molecule has 0 bridgehead atoms. The van der Waals surface area contributed by atoms with Gasteiger partial charge in [0.2, 0.25) is 0 Å². The molecule has 140 valence electrons. The standard InChI is InChI=1S/C19H15F3N2O3/c1-12-4-2-3-5-13(12)10-23-11-16(18(26)27)17(25)24(23)15-8-6-14(7-9-15)19(20,21)22/h2-9,11H,10H2,1H3,(H,26,27). The average Bonchev–Trinajstić information content (AvgIpc) is 2.93. The first-order valence-electron chi connectivity index (χ1n) is 7.96. The summed E-state index contributed by atoms with van der Waals surface area (Å²) in [6.45, 7) is 2.06. The van der Waals surface area contributed by atoms with E-state index < -0.39 is 28.8 Å². The van der Waals surface area contributed by atoms with Gasteiger partial charge in [0.25, 0.3) is 5.56 Å². The lowest BCUT2D eigenvalue weighted by Crippen LogP contribution is -2.24. The van der Waals surface area contributed by atoms with Crippen LogP contribution in [0.3, 0.4) is 0 Å². The molecule has 0 spiro atoms. The van der Waals surface area contributed by atoms with E-state index in [1.54, 1.807) is 0 Å². The van der Waals surface area contributed by atoms with Crippen LogP contribution in [0.4, 0.5) is 13.2 Å². The molecular weight excluding hydrogens is 361 g/mol. The molecule has 3 aromatic rings. The van der Waals surface area contributed by atoms with Crippen LogP contribution < -0.4 is 5.56 Å². The highest BCUT2D eigenvalue weighted by atomic mass is 19.4.